The Balaban J connectivity index is 1.29. The van der Waals surface area contributed by atoms with Gasteiger partial charge in [-0.3, -0.25) is 4.90 Å². The van der Waals surface area contributed by atoms with Gasteiger partial charge in [-0.15, -0.1) is 0 Å². The Bertz CT molecular complexity index is 827. The molecule has 0 N–H and O–H groups in total. The van der Waals surface area contributed by atoms with Crippen LogP contribution in [0.2, 0.25) is 0 Å². The van der Waals surface area contributed by atoms with E-state index in [0.29, 0.717) is 44.6 Å². The first-order valence-corrected chi connectivity index (χ1v) is 11.2. The largest absolute Gasteiger partial charge is 0.494 e. The van der Waals surface area contributed by atoms with Crippen LogP contribution >= 0.6 is 0 Å². The molecule has 0 aromatic heterocycles. The van der Waals surface area contributed by atoms with Crippen molar-refractivity contribution in [3.63, 3.8) is 0 Å². The number of aliphatic imine (C=N–C) groups is 1. The van der Waals surface area contributed by atoms with Crippen molar-refractivity contribution in [3.8, 4) is 5.75 Å². The summed E-state index contributed by atoms with van der Waals surface area (Å²) in [5, 5.41) is 0. The highest BCUT2D eigenvalue weighted by Crippen LogP contribution is 2.34. The lowest BCUT2D eigenvalue weighted by Gasteiger charge is -2.30. The first kappa shape index (κ1) is 21.8. The van der Waals surface area contributed by atoms with Crippen molar-refractivity contribution in [1.82, 2.24) is 4.90 Å². The Morgan fingerprint density at radius 2 is 2.19 bits per heavy atom. The number of urea groups is 1. The van der Waals surface area contributed by atoms with E-state index in [1.807, 2.05) is 12.1 Å². The van der Waals surface area contributed by atoms with E-state index in [1.165, 1.54) is 19.3 Å². The summed E-state index contributed by atoms with van der Waals surface area (Å²) in [6.45, 7) is 9.07. The van der Waals surface area contributed by atoms with Crippen LogP contribution < -0.4 is 4.74 Å². The first-order valence-electron chi connectivity index (χ1n) is 11.2. The van der Waals surface area contributed by atoms with E-state index in [-0.39, 0.29) is 12.1 Å². The molecule has 1 saturated carbocycles. The quantitative estimate of drug-likeness (QED) is 0.372. The topological polar surface area (TPSA) is 69.6 Å². The van der Waals surface area contributed by atoms with Gasteiger partial charge in [0.2, 0.25) is 0 Å². The number of hydrogen-bond donors (Lipinski definition) is 0. The van der Waals surface area contributed by atoms with Crippen molar-refractivity contribution in [2.75, 3.05) is 39.6 Å². The SMILES string of the molecule is C=C1c2ccc(OCCCC3CC3)cc2CCN1C(=O)/N=C(\C)OC[C@H]1COCCO1. The molecule has 7 nitrogen and oxygen atoms in total. The second-order valence-corrected chi connectivity index (χ2v) is 8.39. The summed E-state index contributed by atoms with van der Waals surface area (Å²) in [4.78, 5) is 18.4. The lowest BCUT2D eigenvalue weighted by molar-refractivity contribution is -0.103. The number of ether oxygens (including phenoxy) is 4. The van der Waals surface area contributed by atoms with Crippen LogP contribution in [-0.2, 0) is 20.6 Å². The van der Waals surface area contributed by atoms with Gasteiger partial charge in [0, 0.05) is 24.7 Å². The highest BCUT2D eigenvalue weighted by molar-refractivity contribution is 5.94. The minimum absolute atomic E-state index is 0.129. The predicted molar refractivity (Wildman–Crippen MR) is 118 cm³/mol. The molecule has 0 spiro atoms. The summed E-state index contributed by atoms with van der Waals surface area (Å²) >= 11 is 0. The third-order valence-electron chi connectivity index (χ3n) is 5.89. The van der Waals surface area contributed by atoms with E-state index >= 15 is 0 Å². The molecule has 7 heteroatoms. The Morgan fingerprint density at radius 1 is 1.32 bits per heavy atom. The monoisotopic (exact) mass is 428 g/mol. The van der Waals surface area contributed by atoms with Crippen LogP contribution in [0.4, 0.5) is 4.79 Å². The van der Waals surface area contributed by atoms with Crippen molar-refractivity contribution in [2.45, 2.75) is 45.1 Å². The lowest BCUT2D eigenvalue weighted by atomic mass is 9.97. The molecule has 1 aromatic rings. The Kier molecular flexibility index (Phi) is 7.25. The number of carbonyl (C=O) groups is 1. The van der Waals surface area contributed by atoms with Crippen LogP contribution in [0.5, 0.6) is 5.75 Å². The molecule has 2 fully saturated rings. The van der Waals surface area contributed by atoms with Gasteiger partial charge >= 0.3 is 6.03 Å². The number of carbonyl (C=O) groups excluding carboxylic acids is 1. The Labute approximate surface area is 184 Å². The van der Waals surface area contributed by atoms with Crippen molar-refractivity contribution >= 4 is 17.6 Å². The normalized spacial score (nSPS) is 21.6. The molecule has 2 heterocycles. The van der Waals surface area contributed by atoms with Crippen molar-refractivity contribution in [1.29, 1.82) is 0 Å². The molecule has 1 aromatic carbocycles. The molecule has 3 aliphatic rings. The standard InChI is InChI=1S/C24H32N2O5/c1-17-23-8-7-21(29-11-3-4-19-5-6-19)14-20(23)9-10-26(17)24(27)25-18(2)31-16-22-15-28-12-13-30-22/h7-8,14,19,22H,1,3-6,9-13,15-16H2,2H3/b25-18+/t22-/m1/s1. The molecular formula is C24H32N2O5. The minimum Gasteiger partial charge on any atom is -0.494 e. The molecular weight excluding hydrogens is 396 g/mol. The molecule has 2 amide bonds. The van der Waals surface area contributed by atoms with Crippen molar-refractivity contribution in [2.24, 2.45) is 10.9 Å². The molecule has 168 valence electrons. The summed E-state index contributed by atoms with van der Waals surface area (Å²) in [7, 11) is 0. The number of fused-ring (bicyclic) bond motifs is 1. The second kappa shape index (κ2) is 10.3. The van der Waals surface area contributed by atoms with Gasteiger partial charge < -0.3 is 18.9 Å². The molecule has 31 heavy (non-hydrogen) atoms. The summed E-state index contributed by atoms with van der Waals surface area (Å²) in [6.07, 6.45) is 5.75. The lowest BCUT2D eigenvalue weighted by Crippen LogP contribution is -2.34. The molecule has 0 unspecified atom stereocenters. The molecule has 0 bridgehead atoms. The van der Waals surface area contributed by atoms with Gasteiger partial charge in [-0.05, 0) is 48.9 Å². The average molecular weight is 429 g/mol. The van der Waals surface area contributed by atoms with Crippen LogP contribution in [0, 0.1) is 5.92 Å². The molecule has 2 aliphatic heterocycles. The van der Waals surface area contributed by atoms with Gasteiger partial charge in [-0.2, -0.15) is 4.99 Å². The number of rotatable bonds is 7. The number of amides is 2. The van der Waals surface area contributed by atoms with Gasteiger partial charge in [-0.25, -0.2) is 4.79 Å². The van der Waals surface area contributed by atoms with Crippen LogP contribution in [0.15, 0.2) is 29.8 Å². The Hall–Kier alpha value is -2.38. The van der Waals surface area contributed by atoms with E-state index < -0.39 is 0 Å². The molecule has 1 saturated heterocycles. The molecule has 1 aliphatic carbocycles. The third kappa shape index (κ3) is 6.08. The van der Waals surface area contributed by atoms with Crippen LogP contribution in [0.1, 0.15) is 43.7 Å². The Morgan fingerprint density at radius 3 is 2.97 bits per heavy atom. The van der Waals surface area contributed by atoms with Crippen molar-refractivity contribution in [3.05, 3.63) is 35.9 Å². The van der Waals surface area contributed by atoms with E-state index in [0.717, 1.165) is 42.2 Å². The van der Waals surface area contributed by atoms with Crippen LogP contribution in [0.25, 0.3) is 5.70 Å². The average Bonchev–Trinajstić information content (AvgIpc) is 3.60. The zero-order chi connectivity index (χ0) is 21.6. The zero-order valence-electron chi connectivity index (χ0n) is 18.3. The molecule has 1 atom stereocenters. The first-order chi connectivity index (χ1) is 15.1. The van der Waals surface area contributed by atoms with Gasteiger partial charge in [-0.1, -0.05) is 19.4 Å². The van der Waals surface area contributed by atoms with E-state index in [2.05, 4.69) is 17.6 Å². The van der Waals surface area contributed by atoms with Gasteiger partial charge in [0.25, 0.3) is 0 Å². The highest BCUT2D eigenvalue weighted by Gasteiger charge is 2.25. The maximum absolute atomic E-state index is 12.7. The zero-order valence-corrected chi connectivity index (χ0v) is 18.3. The van der Waals surface area contributed by atoms with Gasteiger partial charge in [0.05, 0.1) is 26.4 Å². The summed E-state index contributed by atoms with van der Waals surface area (Å²) in [6, 6.07) is 5.65. The third-order valence-corrected chi connectivity index (χ3v) is 5.89. The van der Waals surface area contributed by atoms with Gasteiger partial charge in [0.15, 0.2) is 5.90 Å². The smallest absolute Gasteiger partial charge is 0.351 e. The fraction of sp³-hybridized carbons (Fsp3) is 0.583. The van der Waals surface area contributed by atoms with Crippen molar-refractivity contribution < 1.29 is 23.7 Å². The number of benzene rings is 1. The van der Waals surface area contributed by atoms with E-state index in [1.54, 1.807) is 11.8 Å². The van der Waals surface area contributed by atoms with E-state index in [9.17, 15) is 4.79 Å². The minimum atomic E-state index is -0.366. The molecule has 4 rings (SSSR count). The maximum atomic E-state index is 12.7. The summed E-state index contributed by atoms with van der Waals surface area (Å²) < 4.78 is 22.4. The second-order valence-electron chi connectivity index (χ2n) is 8.39. The van der Waals surface area contributed by atoms with E-state index in [4.69, 9.17) is 18.9 Å². The maximum Gasteiger partial charge on any atom is 0.351 e. The van der Waals surface area contributed by atoms with Crippen LogP contribution in [-0.4, -0.2) is 62.5 Å². The van der Waals surface area contributed by atoms with Gasteiger partial charge in [0.1, 0.15) is 18.5 Å². The predicted octanol–water partition coefficient (Wildman–Crippen LogP) is 4.05. The molecule has 0 radical (unpaired) electrons. The number of nitrogens with zero attached hydrogens (tertiary/aromatic N) is 2. The number of hydrogen-bond acceptors (Lipinski definition) is 5. The fourth-order valence-electron chi connectivity index (χ4n) is 3.91. The highest BCUT2D eigenvalue weighted by atomic mass is 16.6. The summed E-state index contributed by atoms with van der Waals surface area (Å²) in [5.74, 6) is 2.14. The summed E-state index contributed by atoms with van der Waals surface area (Å²) in [5.41, 5.74) is 2.78. The van der Waals surface area contributed by atoms with Crippen LogP contribution in [0.3, 0.4) is 0 Å². The fourth-order valence-corrected chi connectivity index (χ4v) is 3.91.